The van der Waals surface area contributed by atoms with E-state index in [2.05, 4.69) is 39.1 Å². The molecule has 1 N–H and O–H groups in total. The molecule has 6 heteroatoms. The van der Waals surface area contributed by atoms with E-state index in [0.29, 0.717) is 6.54 Å². The molecule has 1 aromatic carbocycles. The molecule has 6 nitrogen and oxygen atoms in total. The van der Waals surface area contributed by atoms with Crippen molar-refractivity contribution in [2.45, 2.75) is 25.4 Å². The second kappa shape index (κ2) is 6.97. The van der Waals surface area contributed by atoms with Crippen LogP contribution >= 0.6 is 0 Å². The van der Waals surface area contributed by atoms with Crippen molar-refractivity contribution in [2.24, 2.45) is 0 Å². The van der Waals surface area contributed by atoms with Gasteiger partial charge in [0.1, 0.15) is 5.69 Å². The number of hydrogen-bond acceptors (Lipinski definition) is 4. The molecule has 1 unspecified atom stereocenters. The molecule has 24 heavy (non-hydrogen) atoms. The van der Waals surface area contributed by atoms with Crippen molar-refractivity contribution >= 4 is 5.91 Å². The first-order chi connectivity index (χ1) is 11.5. The molecule has 0 spiro atoms. The monoisotopic (exact) mass is 326 g/mol. The Hall–Kier alpha value is -2.47. The van der Waals surface area contributed by atoms with Crippen molar-refractivity contribution < 1.29 is 4.79 Å². The van der Waals surface area contributed by atoms with Gasteiger partial charge in [-0.15, -0.1) is 0 Å². The molecule has 2 aromatic rings. The van der Waals surface area contributed by atoms with Crippen LogP contribution in [-0.4, -0.2) is 46.3 Å². The van der Waals surface area contributed by atoms with Gasteiger partial charge in [0.15, 0.2) is 0 Å². The molecule has 1 amide bonds. The highest BCUT2D eigenvalue weighted by Crippen LogP contribution is 2.32. The van der Waals surface area contributed by atoms with E-state index in [4.69, 9.17) is 0 Å². The van der Waals surface area contributed by atoms with Crippen LogP contribution in [0.5, 0.6) is 0 Å². The normalized spacial score (nSPS) is 17.5. The van der Waals surface area contributed by atoms with Gasteiger partial charge in [0.05, 0.1) is 12.2 Å². The van der Waals surface area contributed by atoms with E-state index in [0.717, 1.165) is 31.1 Å². The smallest absolute Gasteiger partial charge is 0.274 e. The van der Waals surface area contributed by atoms with Crippen LogP contribution in [0.15, 0.2) is 41.5 Å². The van der Waals surface area contributed by atoms with Crippen LogP contribution in [0, 0.1) is 0 Å². The summed E-state index contributed by atoms with van der Waals surface area (Å²) in [5, 5.41) is 0. The third kappa shape index (κ3) is 3.54. The summed E-state index contributed by atoms with van der Waals surface area (Å²) in [6.07, 6.45) is 4.45. The van der Waals surface area contributed by atoms with E-state index in [1.54, 1.807) is 0 Å². The van der Waals surface area contributed by atoms with Gasteiger partial charge in [-0.3, -0.25) is 9.59 Å². The second-order valence-corrected chi connectivity index (χ2v) is 6.43. The molecule has 1 aliphatic heterocycles. The van der Waals surface area contributed by atoms with E-state index in [1.165, 1.54) is 11.8 Å². The molecule has 126 valence electrons. The number of nitrogens with one attached hydrogen (secondary N) is 1. The largest absolute Gasteiger partial charge is 0.330 e. The first-order valence-corrected chi connectivity index (χ1v) is 8.14. The zero-order valence-electron chi connectivity index (χ0n) is 14.0. The van der Waals surface area contributed by atoms with Crippen molar-refractivity contribution in [2.75, 3.05) is 20.6 Å². The van der Waals surface area contributed by atoms with Gasteiger partial charge in [0.2, 0.25) is 0 Å². The van der Waals surface area contributed by atoms with Crippen LogP contribution in [0.2, 0.25) is 0 Å². The topological polar surface area (TPSA) is 69.3 Å². The number of carbonyl (C=O) groups excluding carboxylic acids is 1. The SMILES string of the molecule is CN(C)Cc1ccc(C2CCCN2C(=O)c2c[nH]c(=O)cn2)cc1. The molecule has 1 aliphatic rings. The molecule has 1 aromatic heterocycles. The number of likely N-dealkylation sites (tertiary alicyclic amines) is 1. The Morgan fingerprint density at radius 3 is 2.71 bits per heavy atom. The van der Waals surface area contributed by atoms with Gasteiger partial charge in [-0.05, 0) is 38.1 Å². The zero-order valence-corrected chi connectivity index (χ0v) is 14.0. The zero-order chi connectivity index (χ0) is 17.1. The summed E-state index contributed by atoms with van der Waals surface area (Å²) in [5.74, 6) is -0.133. The molecule has 1 atom stereocenters. The van der Waals surface area contributed by atoms with Crippen LogP contribution in [0.4, 0.5) is 0 Å². The van der Waals surface area contributed by atoms with Gasteiger partial charge < -0.3 is 14.8 Å². The Bertz CT molecular complexity index is 747. The van der Waals surface area contributed by atoms with Crippen molar-refractivity contribution in [3.63, 3.8) is 0 Å². The third-order valence-corrected chi connectivity index (χ3v) is 4.27. The van der Waals surface area contributed by atoms with Crippen molar-refractivity contribution in [1.29, 1.82) is 0 Å². The summed E-state index contributed by atoms with van der Waals surface area (Å²) >= 11 is 0. The molecule has 3 rings (SSSR count). The van der Waals surface area contributed by atoms with Crippen LogP contribution in [0.25, 0.3) is 0 Å². The minimum atomic E-state index is -0.305. The predicted octanol–water partition coefficient (Wildman–Crippen LogP) is 1.81. The average Bonchev–Trinajstić information content (AvgIpc) is 3.04. The standard InChI is InChI=1S/C18H22N4O2/c1-21(2)12-13-5-7-14(8-6-13)16-4-3-9-22(16)18(24)15-10-20-17(23)11-19-15/h5-8,10-11,16H,3-4,9,12H2,1-2H3,(H,20,23). The molecular weight excluding hydrogens is 304 g/mol. The summed E-state index contributed by atoms with van der Waals surface area (Å²) in [6.45, 7) is 1.61. The van der Waals surface area contributed by atoms with Crippen molar-refractivity contribution in [3.8, 4) is 0 Å². The summed E-state index contributed by atoms with van der Waals surface area (Å²) in [7, 11) is 4.09. The van der Waals surface area contributed by atoms with E-state index >= 15 is 0 Å². The van der Waals surface area contributed by atoms with Crippen LogP contribution in [0.1, 0.15) is 40.5 Å². The molecular formula is C18H22N4O2. The van der Waals surface area contributed by atoms with Crippen molar-refractivity contribution in [1.82, 2.24) is 19.8 Å². The first-order valence-electron chi connectivity index (χ1n) is 8.14. The lowest BCUT2D eigenvalue weighted by Gasteiger charge is -2.25. The number of aromatic nitrogens is 2. The molecule has 0 bridgehead atoms. The van der Waals surface area contributed by atoms with Crippen molar-refractivity contribution in [3.05, 3.63) is 63.8 Å². The van der Waals surface area contributed by atoms with Crippen LogP contribution in [0.3, 0.4) is 0 Å². The number of aromatic amines is 1. The number of amides is 1. The maximum Gasteiger partial charge on any atom is 0.274 e. The lowest BCUT2D eigenvalue weighted by molar-refractivity contribution is 0.0729. The van der Waals surface area contributed by atoms with Gasteiger partial charge in [0.25, 0.3) is 11.5 Å². The maximum atomic E-state index is 12.7. The third-order valence-electron chi connectivity index (χ3n) is 4.27. The lowest BCUT2D eigenvalue weighted by atomic mass is 10.0. The molecule has 2 heterocycles. The Labute approximate surface area is 141 Å². The minimum Gasteiger partial charge on any atom is -0.330 e. The number of H-pyrrole nitrogens is 1. The highest BCUT2D eigenvalue weighted by Gasteiger charge is 2.31. The van der Waals surface area contributed by atoms with E-state index < -0.39 is 0 Å². The molecule has 1 saturated heterocycles. The Morgan fingerprint density at radius 1 is 1.33 bits per heavy atom. The summed E-state index contributed by atoms with van der Waals surface area (Å²) in [4.78, 5) is 34.2. The summed E-state index contributed by atoms with van der Waals surface area (Å²) < 4.78 is 0. The van der Waals surface area contributed by atoms with E-state index in [9.17, 15) is 9.59 Å². The quantitative estimate of drug-likeness (QED) is 0.930. The van der Waals surface area contributed by atoms with Gasteiger partial charge >= 0.3 is 0 Å². The second-order valence-electron chi connectivity index (χ2n) is 6.43. The number of rotatable bonds is 4. The maximum absolute atomic E-state index is 12.7. The average molecular weight is 326 g/mol. The Morgan fingerprint density at radius 2 is 2.08 bits per heavy atom. The summed E-state index contributed by atoms with van der Waals surface area (Å²) in [6, 6.07) is 8.52. The van der Waals surface area contributed by atoms with E-state index in [-0.39, 0.29) is 23.2 Å². The van der Waals surface area contributed by atoms with E-state index in [1.807, 2.05) is 19.0 Å². The van der Waals surface area contributed by atoms with Crippen LogP contribution in [-0.2, 0) is 6.54 Å². The molecule has 0 radical (unpaired) electrons. The minimum absolute atomic E-state index is 0.0691. The lowest BCUT2D eigenvalue weighted by Crippen LogP contribution is -2.31. The fourth-order valence-electron chi connectivity index (χ4n) is 3.17. The fraction of sp³-hybridized carbons (Fsp3) is 0.389. The first kappa shape index (κ1) is 16.4. The Balaban J connectivity index is 1.78. The number of hydrogen-bond donors (Lipinski definition) is 1. The predicted molar refractivity (Wildman–Crippen MR) is 91.7 cm³/mol. The highest BCUT2D eigenvalue weighted by molar-refractivity contribution is 5.92. The fourth-order valence-corrected chi connectivity index (χ4v) is 3.17. The Kier molecular flexibility index (Phi) is 4.76. The highest BCUT2D eigenvalue weighted by atomic mass is 16.2. The molecule has 0 aliphatic carbocycles. The van der Waals surface area contributed by atoms with Gasteiger partial charge in [0, 0.05) is 19.3 Å². The van der Waals surface area contributed by atoms with Gasteiger partial charge in [-0.2, -0.15) is 0 Å². The molecule has 0 saturated carbocycles. The number of carbonyl (C=O) groups is 1. The number of nitrogens with zero attached hydrogens (tertiary/aromatic N) is 3. The van der Waals surface area contributed by atoms with Gasteiger partial charge in [-0.1, -0.05) is 24.3 Å². The summed E-state index contributed by atoms with van der Waals surface area (Å²) in [5.41, 5.74) is 2.38. The van der Waals surface area contributed by atoms with Crippen LogP contribution < -0.4 is 5.56 Å². The number of benzene rings is 1. The van der Waals surface area contributed by atoms with Gasteiger partial charge in [-0.25, -0.2) is 4.98 Å². The molecule has 1 fully saturated rings.